The number of nitrogens with zero attached hydrogens (tertiary/aromatic N) is 4. The van der Waals surface area contributed by atoms with Crippen LogP contribution in [0.1, 0.15) is 39.3 Å². The van der Waals surface area contributed by atoms with Gasteiger partial charge in [0.05, 0.1) is 12.8 Å². The molecule has 1 fully saturated rings. The Morgan fingerprint density at radius 2 is 1.90 bits per heavy atom. The zero-order chi connectivity index (χ0) is 28.2. The van der Waals surface area contributed by atoms with E-state index in [1.165, 1.54) is 12.3 Å². The summed E-state index contributed by atoms with van der Waals surface area (Å²) >= 11 is 0.995. The molecule has 40 heavy (non-hydrogen) atoms. The molecular formula is C27H25N5O7S. The first-order valence-electron chi connectivity index (χ1n) is 12.4. The Hall–Kier alpha value is -4.78. The monoisotopic (exact) mass is 563 g/mol. The van der Waals surface area contributed by atoms with Gasteiger partial charge in [-0.15, -0.1) is 10.2 Å². The van der Waals surface area contributed by atoms with Crippen LogP contribution in [0, 0.1) is 6.92 Å². The summed E-state index contributed by atoms with van der Waals surface area (Å²) in [4.78, 5) is 43.5. The number of thiazole rings is 1. The average molecular weight is 564 g/mol. The highest BCUT2D eigenvalue weighted by Crippen LogP contribution is 2.31. The second-order valence-corrected chi connectivity index (χ2v) is 9.84. The molecule has 12 nitrogen and oxygen atoms in total. The minimum absolute atomic E-state index is 0.140. The van der Waals surface area contributed by atoms with Crippen molar-refractivity contribution in [3.8, 4) is 28.7 Å². The number of carbonyl (C=O) groups excluding carboxylic acids is 3. The highest BCUT2D eigenvalue weighted by molar-refractivity contribution is 7.17. The molecule has 1 N–H and O–H groups in total. The molecule has 1 aliphatic rings. The van der Waals surface area contributed by atoms with Gasteiger partial charge in [0.2, 0.25) is 11.8 Å². The number of aryl methyl sites for hydroxylation is 1. The standard InChI is InChI=1S/C27H25N5O7S/c1-4-36-26(35)22-14-28-27(40-22)29-23(33)17-11-19(13-20(12-17)39-21-9-10-32(3)25(21)34)38-18-7-5-16(6-8-18)24-31-30-15(2)37-24/h5-8,11-14,21H,4,9-10H2,1-3H3,(H,28,29,33)/t21-/m1/s1. The van der Waals surface area contributed by atoms with Crippen LogP contribution in [0.25, 0.3) is 11.5 Å². The number of aromatic nitrogens is 3. The van der Waals surface area contributed by atoms with Gasteiger partial charge in [-0.25, -0.2) is 9.78 Å². The Bertz CT molecular complexity index is 1550. The summed E-state index contributed by atoms with van der Waals surface area (Å²) < 4.78 is 22.4. The number of nitrogens with one attached hydrogen (secondary N) is 1. The number of likely N-dealkylation sites (N-methyl/N-ethyl adjacent to an activating group) is 1. The van der Waals surface area contributed by atoms with Crippen molar-refractivity contribution in [1.29, 1.82) is 0 Å². The van der Waals surface area contributed by atoms with Crippen molar-refractivity contribution in [3.63, 3.8) is 0 Å². The number of likely N-dealkylation sites (tertiary alicyclic amines) is 1. The summed E-state index contributed by atoms with van der Waals surface area (Å²) in [5.74, 6) is 0.778. The lowest BCUT2D eigenvalue weighted by Crippen LogP contribution is -2.29. The van der Waals surface area contributed by atoms with Crippen LogP contribution in [0.2, 0.25) is 0 Å². The topological polar surface area (TPSA) is 146 Å². The van der Waals surface area contributed by atoms with Crippen LogP contribution in [-0.2, 0) is 9.53 Å². The molecule has 4 aromatic rings. The summed E-state index contributed by atoms with van der Waals surface area (Å²) in [5.41, 5.74) is 0.928. The molecule has 0 spiro atoms. The van der Waals surface area contributed by atoms with E-state index in [2.05, 4.69) is 20.5 Å². The number of benzene rings is 2. The molecule has 2 aromatic heterocycles. The van der Waals surface area contributed by atoms with E-state index >= 15 is 0 Å². The van der Waals surface area contributed by atoms with Crippen LogP contribution in [-0.4, -0.2) is 64.2 Å². The number of anilines is 1. The number of hydrogen-bond acceptors (Lipinski definition) is 11. The van der Waals surface area contributed by atoms with E-state index in [1.54, 1.807) is 62.2 Å². The third-order valence-corrected chi connectivity index (χ3v) is 6.76. The number of rotatable bonds is 9. The third-order valence-electron chi connectivity index (χ3n) is 5.86. The van der Waals surface area contributed by atoms with Gasteiger partial charge in [0.15, 0.2) is 11.2 Å². The van der Waals surface area contributed by atoms with Crippen molar-refractivity contribution in [2.45, 2.75) is 26.4 Å². The highest BCUT2D eigenvalue weighted by atomic mass is 32.1. The molecule has 0 saturated carbocycles. The summed E-state index contributed by atoms with van der Waals surface area (Å²) in [7, 11) is 1.71. The summed E-state index contributed by atoms with van der Waals surface area (Å²) in [5, 5.41) is 10.7. The van der Waals surface area contributed by atoms with Crippen molar-refractivity contribution in [2.75, 3.05) is 25.5 Å². The maximum atomic E-state index is 13.2. The predicted octanol–water partition coefficient (Wildman–Crippen LogP) is 4.33. The van der Waals surface area contributed by atoms with Crippen molar-refractivity contribution in [2.24, 2.45) is 0 Å². The Labute approximate surface area is 232 Å². The first-order chi connectivity index (χ1) is 19.3. The molecule has 2 amide bonds. The van der Waals surface area contributed by atoms with Crippen LogP contribution < -0.4 is 14.8 Å². The van der Waals surface area contributed by atoms with Crippen LogP contribution in [0.3, 0.4) is 0 Å². The maximum absolute atomic E-state index is 13.2. The average Bonchev–Trinajstić information content (AvgIpc) is 3.67. The largest absolute Gasteiger partial charge is 0.480 e. The van der Waals surface area contributed by atoms with E-state index in [9.17, 15) is 14.4 Å². The molecule has 3 heterocycles. The zero-order valence-corrected chi connectivity index (χ0v) is 22.7. The van der Waals surface area contributed by atoms with Crippen molar-refractivity contribution >= 4 is 34.3 Å². The van der Waals surface area contributed by atoms with Gasteiger partial charge in [-0.2, -0.15) is 0 Å². The van der Waals surface area contributed by atoms with Gasteiger partial charge in [0, 0.05) is 44.1 Å². The normalized spacial score (nSPS) is 14.7. The second-order valence-electron chi connectivity index (χ2n) is 8.80. The second kappa shape index (κ2) is 11.5. The molecule has 13 heteroatoms. The van der Waals surface area contributed by atoms with Crippen molar-refractivity contribution in [3.05, 3.63) is 65.0 Å². The zero-order valence-electron chi connectivity index (χ0n) is 21.9. The van der Waals surface area contributed by atoms with E-state index in [0.717, 1.165) is 16.9 Å². The maximum Gasteiger partial charge on any atom is 0.350 e. The van der Waals surface area contributed by atoms with E-state index < -0.39 is 18.0 Å². The van der Waals surface area contributed by atoms with E-state index in [4.69, 9.17) is 18.6 Å². The molecule has 1 saturated heterocycles. The summed E-state index contributed by atoms with van der Waals surface area (Å²) in [6.07, 6.45) is 1.20. The van der Waals surface area contributed by atoms with Gasteiger partial charge >= 0.3 is 5.97 Å². The number of carbonyl (C=O) groups is 3. The molecule has 0 aliphatic carbocycles. The number of esters is 1. The van der Waals surface area contributed by atoms with Crippen molar-refractivity contribution < 1.29 is 33.0 Å². The Kier molecular flexibility index (Phi) is 7.73. The summed E-state index contributed by atoms with van der Waals surface area (Å²) in [6, 6.07) is 11.7. The molecular weight excluding hydrogens is 538 g/mol. The van der Waals surface area contributed by atoms with E-state index in [0.29, 0.717) is 42.0 Å². The minimum atomic E-state index is -0.667. The smallest absolute Gasteiger partial charge is 0.350 e. The minimum Gasteiger partial charge on any atom is -0.480 e. The number of hydrogen-bond donors (Lipinski definition) is 1. The fourth-order valence-corrected chi connectivity index (χ4v) is 4.61. The highest BCUT2D eigenvalue weighted by Gasteiger charge is 2.31. The van der Waals surface area contributed by atoms with E-state index in [1.807, 2.05) is 0 Å². The van der Waals surface area contributed by atoms with Gasteiger partial charge in [0.1, 0.15) is 22.1 Å². The van der Waals surface area contributed by atoms with Gasteiger partial charge in [-0.05, 0) is 43.3 Å². The van der Waals surface area contributed by atoms with E-state index in [-0.39, 0.29) is 28.1 Å². The lowest BCUT2D eigenvalue weighted by Gasteiger charge is -2.15. The molecule has 0 unspecified atom stereocenters. The Morgan fingerprint density at radius 1 is 1.12 bits per heavy atom. The van der Waals surface area contributed by atoms with Crippen LogP contribution in [0.5, 0.6) is 17.2 Å². The van der Waals surface area contributed by atoms with Crippen LogP contribution >= 0.6 is 11.3 Å². The molecule has 1 aliphatic heterocycles. The predicted molar refractivity (Wildman–Crippen MR) is 144 cm³/mol. The molecule has 206 valence electrons. The molecule has 1 atom stereocenters. The summed E-state index contributed by atoms with van der Waals surface area (Å²) in [6.45, 7) is 4.22. The number of ether oxygens (including phenoxy) is 3. The van der Waals surface area contributed by atoms with Gasteiger partial charge in [-0.1, -0.05) is 11.3 Å². The first-order valence-corrected chi connectivity index (χ1v) is 13.2. The van der Waals surface area contributed by atoms with Gasteiger partial charge in [-0.3, -0.25) is 14.9 Å². The lowest BCUT2D eigenvalue weighted by atomic mass is 10.1. The van der Waals surface area contributed by atoms with Gasteiger partial charge < -0.3 is 23.5 Å². The SMILES string of the molecule is CCOC(=O)c1cnc(NC(=O)c2cc(Oc3ccc(-c4nnc(C)o4)cc3)cc(O[C@@H]3CCN(C)C3=O)c2)s1. The fourth-order valence-electron chi connectivity index (χ4n) is 3.91. The van der Waals surface area contributed by atoms with Gasteiger partial charge in [0.25, 0.3) is 11.8 Å². The fraction of sp³-hybridized carbons (Fsp3) is 0.259. The third kappa shape index (κ3) is 6.10. The van der Waals surface area contributed by atoms with Crippen LogP contribution in [0.15, 0.2) is 53.1 Å². The Morgan fingerprint density at radius 3 is 2.58 bits per heavy atom. The first kappa shape index (κ1) is 26.8. The van der Waals surface area contributed by atoms with Crippen LogP contribution in [0.4, 0.5) is 5.13 Å². The molecule has 2 aromatic carbocycles. The molecule has 5 rings (SSSR count). The Balaban J connectivity index is 1.38. The molecule has 0 bridgehead atoms. The molecule has 0 radical (unpaired) electrons. The lowest BCUT2D eigenvalue weighted by molar-refractivity contribution is -0.132. The quantitative estimate of drug-likeness (QED) is 0.292. The van der Waals surface area contributed by atoms with Crippen molar-refractivity contribution in [1.82, 2.24) is 20.1 Å². The number of amides is 2.